The van der Waals surface area contributed by atoms with Gasteiger partial charge in [-0.05, 0) is 25.3 Å². The first kappa shape index (κ1) is 10.9. The quantitative estimate of drug-likeness (QED) is 0.820. The van der Waals surface area contributed by atoms with Gasteiger partial charge in [0.25, 0.3) is 0 Å². The van der Waals surface area contributed by atoms with Crippen molar-refractivity contribution in [1.29, 1.82) is 0 Å². The predicted octanol–water partition coefficient (Wildman–Crippen LogP) is 1.66. The van der Waals surface area contributed by atoms with Gasteiger partial charge in [0, 0.05) is 5.69 Å². The van der Waals surface area contributed by atoms with Gasteiger partial charge >= 0.3 is 12.0 Å². The molecule has 0 spiro atoms. The number of rotatable bonds is 5. The Morgan fingerprint density at radius 2 is 2.31 bits per heavy atom. The fourth-order valence-electron chi connectivity index (χ4n) is 1.44. The van der Waals surface area contributed by atoms with Crippen molar-refractivity contribution in [3.63, 3.8) is 0 Å². The van der Waals surface area contributed by atoms with Crippen molar-refractivity contribution in [2.75, 3.05) is 6.61 Å². The highest BCUT2D eigenvalue weighted by Crippen LogP contribution is 2.32. The van der Waals surface area contributed by atoms with E-state index in [4.69, 9.17) is 9.84 Å². The van der Waals surface area contributed by atoms with Crippen molar-refractivity contribution in [2.45, 2.75) is 26.2 Å². The van der Waals surface area contributed by atoms with Crippen LogP contribution in [-0.2, 0) is 0 Å². The molecule has 0 aromatic carbocycles. The van der Waals surface area contributed by atoms with Crippen LogP contribution in [0.5, 0.6) is 6.01 Å². The number of aryl methyl sites for hydroxylation is 1. The molecular weight excluding hydrogens is 208 g/mol. The van der Waals surface area contributed by atoms with Gasteiger partial charge in [0.15, 0.2) is 5.69 Å². The van der Waals surface area contributed by atoms with Gasteiger partial charge in [-0.1, -0.05) is 12.8 Å². The number of carboxylic acids is 1. The normalized spacial score (nSPS) is 14.8. The molecule has 2 rings (SSSR count). The topological polar surface area (TPSA) is 72.3 Å². The summed E-state index contributed by atoms with van der Waals surface area (Å²) in [5, 5.41) is 8.81. The summed E-state index contributed by atoms with van der Waals surface area (Å²) in [6, 6.07) is 1.59. The SMILES string of the molecule is Cc1cc(C(=O)O)nc(OCCC2CC2)n1. The summed E-state index contributed by atoms with van der Waals surface area (Å²) < 4.78 is 5.34. The fourth-order valence-corrected chi connectivity index (χ4v) is 1.44. The van der Waals surface area contributed by atoms with E-state index in [1.54, 1.807) is 6.92 Å². The maximum atomic E-state index is 10.8. The van der Waals surface area contributed by atoms with Gasteiger partial charge in [-0.3, -0.25) is 0 Å². The summed E-state index contributed by atoms with van der Waals surface area (Å²) in [6.07, 6.45) is 3.55. The molecule has 1 aliphatic rings. The van der Waals surface area contributed by atoms with Crippen LogP contribution in [0, 0.1) is 12.8 Å². The summed E-state index contributed by atoms with van der Waals surface area (Å²) in [5.41, 5.74) is 0.586. The molecule has 5 heteroatoms. The zero-order chi connectivity index (χ0) is 11.5. The number of aromatic nitrogens is 2. The molecule has 0 unspecified atom stereocenters. The second-order valence-corrected chi connectivity index (χ2v) is 4.06. The van der Waals surface area contributed by atoms with Crippen LogP contribution in [0.25, 0.3) is 0 Å². The van der Waals surface area contributed by atoms with Gasteiger partial charge in [0.1, 0.15) is 0 Å². The van der Waals surface area contributed by atoms with E-state index < -0.39 is 5.97 Å². The first-order valence-electron chi connectivity index (χ1n) is 5.37. The second kappa shape index (κ2) is 4.47. The van der Waals surface area contributed by atoms with E-state index in [-0.39, 0.29) is 11.7 Å². The van der Waals surface area contributed by atoms with Gasteiger partial charge in [0.05, 0.1) is 6.61 Å². The van der Waals surface area contributed by atoms with Gasteiger partial charge in [-0.25, -0.2) is 9.78 Å². The van der Waals surface area contributed by atoms with E-state index >= 15 is 0 Å². The Morgan fingerprint density at radius 3 is 2.94 bits per heavy atom. The molecule has 1 aromatic rings. The molecule has 1 saturated carbocycles. The Bertz CT molecular complexity index is 402. The zero-order valence-corrected chi connectivity index (χ0v) is 9.14. The summed E-state index contributed by atoms with van der Waals surface area (Å²) in [6.45, 7) is 2.29. The number of hydrogen-bond acceptors (Lipinski definition) is 4. The van der Waals surface area contributed by atoms with E-state index in [0.29, 0.717) is 12.3 Å². The summed E-state index contributed by atoms with van der Waals surface area (Å²) >= 11 is 0. The van der Waals surface area contributed by atoms with Crippen LogP contribution in [0.1, 0.15) is 35.4 Å². The molecule has 86 valence electrons. The maximum absolute atomic E-state index is 10.8. The highest BCUT2D eigenvalue weighted by Gasteiger charge is 2.21. The Labute approximate surface area is 93.5 Å². The molecule has 1 aromatic heterocycles. The molecule has 1 heterocycles. The smallest absolute Gasteiger partial charge is 0.354 e. The van der Waals surface area contributed by atoms with Crippen molar-refractivity contribution in [1.82, 2.24) is 9.97 Å². The summed E-state index contributed by atoms with van der Waals surface area (Å²) in [7, 11) is 0. The molecule has 0 bridgehead atoms. The first-order valence-corrected chi connectivity index (χ1v) is 5.37. The number of carboxylic acid groups (broad SMARTS) is 1. The number of carbonyl (C=O) groups is 1. The van der Waals surface area contributed by atoms with Crippen molar-refractivity contribution < 1.29 is 14.6 Å². The van der Waals surface area contributed by atoms with E-state index in [1.165, 1.54) is 18.9 Å². The number of aromatic carboxylic acids is 1. The van der Waals surface area contributed by atoms with Crippen LogP contribution in [-0.4, -0.2) is 27.7 Å². The largest absolute Gasteiger partial charge is 0.477 e. The third-order valence-corrected chi connectivity index (χ3v) is 2.51. The van der Waals surface area contributed by atoms with E-state index in [9.17, 15) is 4.79 Å². The highest BCUT2D eigenvalue weighted by atomic mass is 16.5. The molecular formula is C11H14N2O3. The minimum atomic E-state index is -1.06. The lowest BCUT2D eigenvalue weighted by Gasteiger charge is -2.05. The van der Waals surface area contributed by atoms with Crippen molar-refractivity contribution in [3.8, 4) is 6.01 Å². The van der Waals surface area contributed by atoms with E-state index in [0.717, 1.165) is 12.3 Å². The monoisotopic (exact) mass is 222 g/mol. The van der Waals surface area contributed by atoms with Crippen LogP contribution >= 0.6 is 0 Å². The summed E-state index contributed by atoms with van der Waals surface area (Å²) in [4.78, 5) is 18.6. The molecule has 1 N–H and O–H groups in total. The lowest BCUT2D eigenvalue weighted by atomic mass is 10.3. The fraction of sp³-hybridized carbons (Fsp3) is 0.545. The summed E-state index contributed by atoms with van der Waals surface area (Å²) in [5.74, 6) is -0.277. The van der Waals surface area contributed by atoms with Crippen LogP contribution in [0.4, 0.5) is 0 Å². The van der Waals surface area contributed by atoms with Crippen LogP contribution in [0.3, 0.4) is 0 Å². The van der Waals surface area contributed by atoms with Gasteiger partial charge in [0.2, 0.25) is 0 Å². The van der Waals surface area contributed by atoms with Gasteiger partial charge < -0.3 is 9.84 Å². The lowest BCUT2D eigenvalue weighted by Crippen LogP contribution is -2.07. The molecule has 0 aliphatic heterocycles. The van der Waals surface area contributed by atoms with Crippen molar-refractivity contribution in [3.05, 3.63) is 17.5 Å². The molecule has 0 atom stereocenters. The molecule has 5 nitrogen and oxygen atoms in total. The molecule has 0 radical (unpaired) electrons. The maximum Gasteiger partial charge on any atom is 0.354 e. The average Bonchev–Trinajstić information content (AvgIpc) is 3.01. The minimum absolute atomic E-state index is 0.0195. The van der Waals surface area contributed by atoms with Crippen LogP contribution in [0.15, 0.2) is 6.07 Å². The Balaban J connectivity index is 1.98. The molecule has 16 heavy (non-hydrogen) atoms. The molecule has 1 fully saturated rings. The average molecular weight is 222 g/mol. The number of ether oxygens (including phenoxy) is 1. The third-order valence-electron chi connectivity index (χ3n) is 2.51. The van der Waals surface area contributed by atoms with Crippen molar-refractivity contribution in [2.24, 2.45) is 5.92 Å². The Hall–Kier alpha value is -1.65. The molecule has 0 amide bonds. The molecule has 0 saturated heterocycles. The van der Waals surface area contributed by atoms with Gasteiger partial charge in [-0.15, -0.1) is 0 Å². The lowest BCUT2D eigenvalue weighted by molar-refractivity contribution is 0.0688. The Morgan fingerprint density at radius 1 is 1.56 bits per heavy atom. The van der Waals surface area contributed by atoms with Gasteiger partial charge in [-0.2, -0.15) is 4.98 Å². The first-order chi connectivity index (χ1) is 7.65. The van der Waals surface area contributed by atoms with Crippen LogP contribution in [0.2, 0.25) is 0 Å². The van der Waals surface area contributed by atoms with Crippen molar-refractivity contribution >= 4 is 5.97 Å². The predicted molar refractivity (Wildman–Crippen MR) is 56.6 cm³/mol. The zero-order valence-electron chi connectivity index (χ0n) is 9.14. The van der Waals surface area contributed by atoms with Crippen LogP contribution < -0.4 is 4.74 Å². The van der Waals surface area contributed by atoms with E-state index in [1.807, 2.05) is 0 Å². The highest BCUT2D eigenvalue weighted by molar-refractivity contribution is 5.85. The standard InChI is InChI=1S/C11H14N2O3/c1-7-6-9(10(14)15)13-11(12-7)16-5-4-8-2-3-8/h6,8H,2-5H2,1H3,(H,14,15). The second-order valence-electron chi connectivity index (χ2n) is 4.06. The van der Waals surface area contributed by atoms with E-state index in [2.05, 4.69) is 9.97 Å². The molecule has 1 aliphatic carbocycles. The third kappa shape index (κ3) is 2.92. The minimum Gasteiger partial charge on any atom is -0.477 e. The number of hydrogen-bond donors (Lipinski definition) is 1. The Kier molecular flexibility index (Phi) is 3.03. The number of nitrogens with zero attached hydrogens (tertiary/aromatic N) is 2.